The van der Waals surface area contributed by atoms with Gasteiger partial charge >= 0.3 is 6.61 Å². The van der Waals surface area contributed by atoms with Crippen molar-refractivity contribution in [2.24, 2.45) is 0 Å². The molecule has 0 aliphatic carbocycles. The van der Waals surface area contributed by atoms with Crippen LogP contribution in [0.15, 0.2) is 36.4 Å². The quantitative estimate of drug-likeness (QED) is 0.727. The highest BCUT2D eigenvalue weighted by Crippen LogP contribution is 2.37. The summed E-state index contributed by atoms with van der Waals surface area (Å²) in [4.78, 5) is 0. The van der Waals surface area contributed by atoms with Gasteiger partial charge in [0.1, 0.15) is 0 Å². The molecule has 0 atom stereocenters. The standard InChI is InChI=1S/C14H10Cl3F2NO/c15-10-4-2-1-3-8(10)7-20-9-5-11(16)13(12(17)6-9)21-14(18)19/h1-6,14,20H,7H2. The van der Waals surface area contributed by atoms with E-state index in [2.05, 4.69) is 10.1 Å². The summed E-state index contributed by atoms with van der Waals surface area (Å²) in [7, 11) is 0. The van der Waals surface area contributed by atoms with Crippen LogP contribution in [-0.2, 0) is 6.54 Å². The fourth-order valence-corrected chi connectivity index (χ4v) is 2.48. The van der Waals surface area contributed by atoms with Gasteiger partial charge in [0, 0.05) is 17.3 Å². The summed E-state index contributed by atoms with van der Waals surface area (Å²) in [5.41, 5.74) is 1.46. The molecule has 0 bridgehead atoms. The van der Waals surface area contributed by atoms with Gasteiger partial charge in [-0.15, -0.1) is 0 Å². The molecule has 0 heterocycles. The number of nitrogens with one attached hydrogen (secondary N) is 1. The number of alkyl halides is 2. The van der Waals surface area contributed by atoms with E-state index in [1.54, 1.807) is 6.07 Å². The zero-order chi connectivity index (χ0) is 15.4. The molecule has 0 unspecified atom stereocenters. The Morgan fingerprint density at radius 2 is 1.62 bits per heavy atom. The smallest absolute Gasteiger partial charge is 0.387 e. The van der Waals surface area contributed by atoms with Crippen LogP contribution in [0.4, 0.5) is 14.5 Å². The average Bonchev–Trinajstić information content (AvgIpc) is 2.42. The molecule has 2 aromatic rings. The van der Waals surface area contributed by atoms with E-state index in [0.717, 1.165) is 5.56 Å². The van der Waals surface area contributed by atoms with Crippen molar-refractivity contribution in [3.05, 3.63) is 57.0 Å². The summed E-state index contributed by atoms with van der Waals surface area (Å²) >= 11 is 17.8. The second-order valence-corrected chi connectivity index (χ2v) is 5.31. The summed E-state index contributed by atoms with van der Waals surface area (Å²) in [5.74, 6) is -0.239. The Morgan fingerprint density at radius 3 is 2.19 bits per heavy atom. The Kier molecular flexibility index (Phi) is 5.51. The highest BCUT2D eigenvalue weighted by molar-refractivity contribution is 6.37. The van der Waals surface area contributed by atoms with Gasteiger partial charge in [-0.3, -0.25) is 0 Å². The van der Waals surface area contributed by atoms with Crippen molar-refractivity contribution in [2.45, 2.75) is 13.2 Å². The molecule has 0 aliphatic heterocycles. The van der Waals surface area contributed by atoms with Crippen LogP contribution in [0.25, 0.3) is 0 Å². The van der Waals surface area contributed by atoms with Gasteiger partial charge in [0.25, 0.3) is 0 Å². The van der Waals surface area contributed by atoms with E-state index in [0.29, 0.717) is 17.3 Å². The predicted octanol–water partition coefficient (Wildman–Crippen LogP) is 5.86. The Hall–Kier alpha value is -1.23. The zero-order valence-electron chi connectivity index (χ0n) is 10.5. The second-order valence-electron chi connectivity index (χ2n) is 4.09. The van der Waals surface area contributed by atoms with Crippen molar-refractivity contribution in [1.29, 1.82) is 0 Å². The molecule has 0 aromatic heterocycles. The third kappa shape index (κ3) is 4.37. The zero-order valence-corrected chi connectivity index (χ0v) is 12.8. The Bertz CT molecular complexity index is 614. The molecular weight excluding hydrogens is 343 g/mol. The van der Waals surface area contributed by atoms with Crippen LogP contribution in [0.3, 0.4) is 0 Å². The molecule has 0 saturated carbocycles. The number of hydrogen-bond donors (Lipinski definition) is 1. The van der Waals surface area contributed by atoms with E-state index in [4.69, 9.17) is 34.8 Å². The monoisotopic (exact) mass is 351 g/mol. The highest BCUT2D eigenvalue weighted by atomic mass is 35.5. The van der Waals surface area contributed by atoms with Gasteiger partial charge in [-0.2, -0.15) is 8.78 Å². The Balaban J connectivity index is 2.13. The molecule has 0 fully saturated rings. The van der Waals surface area contributed by atoms with Gasteiger partial charge in [0.2, 0.25) is 0 Å². The predicted molar refractivity (Wildman–Crippen MR) is 81.9 cm³/mol. The van der Waals surface area contributed by atoms with Crippen LogP contribution < -0.4 is 10.1 Å². The molecule has 0 spiro atoms. The number of anilines is 1. The molecule has 7 heteroatoms. The van der Waals surface area contributed by atoms with E-state index in [9.17, 15) is 8.78 Å². The van der Waals surface area contributed by atoms with Crippen LogP contribution in [0.1, 0.15) is 5.56 Å². The van der Waals surface area contributed by atoms with Gasteiger partial charge in [-0.25, -0.2) is 0 Å². The number of ether oxygens (including phenoxy) is 1. The normalized spacial score (nSPS) is 10.8. The Morgan fingerprint density at radius 1 is 1.00 bits per heavy atom. The van der Waals surface area contributed by atoms with Crippen molar-refractivity contribution in [1.82, 2.24) is 0 Å². The molecule has 112 valence electrons. The maximum atomic E-state index is 12.2. The van der Waals surface area contributed by atoms with E-state index in [1.807, 2.05) is 18.2 Å². The molecular formula is C14H10Cl3F2NO. The third-order valence-corrected chi connectivity index (χ3v) is 3.58. The minimum Gasteiger partial charge on any atom is -0.432 e. The second kappa shape index (κ2) is 7.16. The molecule has 1 N–H and O–H groups in total. The lowest BCUT2D eigenvalue weighted by molar-refractivity contribution is -0.0497. The molecule has 2 rings (SSSR count). The first-order chi connectivity index (χ1) is 9.97. The fourth-order valence-electron chi connectivity index (χ4n) is 1.70. The van der Waals surface area contributed by atoms with Crippen molar-refractivity contribution < 1.29 is 13.5 Å². The van der Waals surface area contributed by atoms with Crippen LogP contribution in [0.2, 0.25) is 15.1 Å². The first-order valence-corrected chi connectivity index (χ1v) is 7.02. The van der Waals surface area contributed by atoms with Crippen LogP contribution in [0, 0.1) is 0 Å². The molecule has 0 aliphatic rings. The summed E-state index contributed by atoms with van der Waals surface area (Å²) in [6.45, 7) is -2.54. The summed E-state index contributed by atoms with van der Waals surface area (Å²) in [6, 6.07) is 10.3. The van der Waals surface area contributed by atoms with Crippen LogP contribution in [0.5, 0.6) is 5.75 Å². The van der Waals surface area contributed by atoms with Gasteiger partial charge in [0.15, 0.2) is 5.75 Å². The van der Waals surface area contributed by atoms with E-state index >= 15 is 0 Å². The average molecular weight is 353 g/mol. The van der Waals surface area contributed by atoms with Crippen molar-refractivity contribution in [3.8, 4) is 5.75 Å². The lowest BCUT2D eigenvalue weighted by Gasteiger charge is -2.12. The van der Waals surface area contributed by atoms with Gasteiger partial charge in [0.05, 0.1) is 10.0 Å². The third-order valence-electron chi connectivity index (χ3n) is 2.65. The molecule has 2 nitrogen and oxygen atoms in total. The maximum absolute atomic E-state index is 12.2. The van der Waals surface area contributed by atoms with Crippen LogP contribution in [-0.4, -0.2) is 6.61 Å². The van der Waals surface area contributed by atoms with Crippen molar-refractivity contribution in [3.63, 3.8) is 0 Å². The first kappa shape index (κ1) is 16.1. The number of benzene rings is 2. The van der Waals surface area contributed by atoms with E-state index in [-0.39, 0.29) is 15.8 Å². The van der Waals surface area contributed by atoms with Crippen molar-refractivity contribution >= 4 is 40.5 Å². The largest absolute Gasteiger partial charge is 0.432 e. The van der Waals surface area contributed by atoms with Gasteiger partial charge in [-0.05, 0) is 23.8 Å². The lowest BCUT2D eigenvalue weighted by atomic mass is 10.2. The molecule has 2 aromatic carbocycles. The molecule has 21 heavy (non-hydrogen) atoms. The summed E-state index contributed by atoms with van der Waals surface area (Å²) in [5, 5.41) is 3.70. The number of halogens is 5. The molecule has 0 amide bonds. The SMILES string of the molecule is FC(F)Oc1c(Cl)cc(NCc2ccccc2Cl)cc1Cl. The van der Waals surface area contributed by atoms with Gasteiger partial charge in [-0.1, -0.05) is 53.0 Å². The van der Waals surface area contributed by atoms with E-state index in [1.165, 1.54) is 12.1 Å². The Labute approximate surface area is 135 Å². The topological polar surface area (TPSA) is 21.3 Å². The summed E-state index contributed by atoms with van der Waals surface area (Å²) < 4.78 is 28.7. The minimum atomic E-state index is -2.98. The van der Waals surface area contributed by atoms with Gasteiger partial charge < -0.3 is 10.1 Å². The number of rotatable bonds is 5. The minimum absolute atomic E-state index is 0.00413. The number of hydrogen-bond acceptors (Lipinski definition) is 2. The van der Waals surface area contributed by atoms with E-state index < -0.39 is 6.61 Å². The fraction of sp³-hybridized carbons (Fsp3) is 0.143. The molecule has 0 saturated heterocycles. The van der Waals surface area contributed by atoms with Crippen molar-refractivity contribution in [2.75, 3.05) is 5.32 Å². The first-order valence-electron chi connectivity index (χ1n) is 5.88. The van der Waals surface area contributed by atoms with Crippen LogP contribution >= 0.6 is 34.8 Å². The lowest BCUT2D eigenvalue weighted by Crippen LogP contribution is -2.04. The summed E-state index contributed by atoms with van der Waals surface area (Å²) in [6.07, 6.45) is 0. The highest BCUT2D eigenvalue weighted by Gasteiger charge is 2.14. The molecule has 0 radical (unpaired) electrons. The maximum Gasteiger partial charge on any atom is 0.387 e.